The molecule has 0 aromatic carbocycles. The van der Waals surface area contributed by atoms with Crippen LogP contribution in [0.1, 0.15) is 66.2 Å². The maximum absolute atomic E-state index is 11.6. The Balaban J connectivity index is 4.79. The summed E-state index contributed by atoms with van der Waals surface area (Å²) in [6.45, 7) is 7.53. The summed E-state index contributed by atoms with van der Waals surface area (Å²) in [5, 5.41) is 26.7. The predicted molar refractivity (Wildman–Crippen MR) is 93.9 cm³/mol. The molecule has 0 bridgehead atoms. The highest BCUT2D eigenvalue weighted by Gasteiger charge is 2.29. The summed E-state index contributed by atoms with van der Waals surface area (Å²) in [5.74, 6) is -0.796. The standard InChI is InChI=1S/C18H28N4O4/c1-5-11-25-15(23)7-9-17(3,13-19)21-22-18(4,14-20)10-8-16(24)26-12-6-2/h5-12H2,1-4H3. The smallest absolute Gasteiger partial charge is 0.305 e. The zero-order valence-corrected chi connectivity index (χ0v) is 16.1. The van der Waals surface area contributed by atoms with E-state index in [9.17, 15) is 20.1 Å². The molecule has 8 heteroatoms. The largest absolute Gasteiger partial charge is 0.466 e. The molecule has 26 heavy (non-hydrogen) atoms. The molecule has 0 saturated carbocycles. The minimum absolute atomic E-state index is 0.0374. The van der Waals surface area contributed by atoms with E-state index in [0.29, 0.717) is 13.2 Å². The second-order valence-corrected chi connectivity index (χ2v) is 6.41. The molecule has 2 unspecified atom stereocenters. The Labute approximate surface area is 155 Å². The molecular formula is C18H28N4O4. The molecule has 0 rings (SSSR count). The molecule has 0 aliphatic rings. The highest BCUT2D eigenvalue weighted by atomic mass is 16.5. The Kier molecular flexibility index (Phi) is 10.8. The first-order valence-corrected chi connectivity index (χ1v) is 8.82. The monoisotopic (exact) mass is 364 g/mol. The van der Waals surface area contributed by atoms with Gasteiger partial charge in [0.05, 0.1) is 25.4 Å². The van der Waals surface area contributed by atoms with E-state index in [1.54, 1.807) is 0 Å². The zero-order valence-electron chi connectivity index (χ0n) is 16.1. The first-order chi connectivity index (χ1) is 12.2. The van der Waals surface area contributed by atoms with Gasteiger partial charge in [-0.05, 0) is 39.5 Å². The van der Waals surface area contributed by atoms with Gasteiger partial charge in [-0.3, -0.25) is 9.59 Å². The maximum atomic E-state index is 11.6. The van der Waals surface area contributed by atoms with E-state index < -0.39 is 23.0 Å². The van der Waals surface area contributed by atoms with E-state index in [0.717, 1.165) is 12.8 Å². The number of hydrogen-bond donors (Lipinski definition) is 0. The number of rotatable bonds is 12. The summed E-state index contributed by atoms with van der Waals surface area (Å²) >= 11 is 0. The molecule has 0 radical (unpaired) electrons. The van der Waals surface area contributed by atoms with Gasteiger partial charge in [0.15, 0.2) is 11.1 Å². The highest BCUT2D eigenvalue weighted by Crippen LogP contribution is 2.23. The van der Waals surface area contributed by atoms with Crippen LogP contribution in [0.25, 0.3) is 0 Å². The molecule has 8 nitrogen and oxygen atoms in total. The van der Waals surface area contributed by atoms with E-state index in [4.69, 9.17) is 9.47 Å². The molecule has 0 fully saturated rings. The first kappa shape index (κ1) is 23.5. The van der Waals surface area contributed by atoms with Gasteiger partial charge in [-0.2, -0.15) is 20.8 Å². The lowest BCUT2D eigenvalue weighted by Crippen LogP contribution is -2.25. The van der Waals surface area contributed by atoms with Crippen molar-refractivity contribution in [2.75, 3.05) is 13.2 Å². The van der Waals surface area contributed by atoms with Gasteiger partial charge in [0.1, 0.15) is 0 Å². The van der Waals surface area contributed by atoms with Crippen molar-refractivity contribution in [1.29, 1.82) is 10.5 Å². The summed E-state index contributed by atoms with van der Waals surface area (Å²) in [4.78, 5) is 23.2. The number of carbonyl (C=O) groups excluding carboxylic acids is 2. The molecule has 0 N–H and O–H groups in total. The number of hydrogen-bond acceptors (Lipinski definition) is 8. The van der Waals surface area contributed by atoms with Crippen molar-refractivity contribution >= 4 is 11.9 Å². The van der Waals surface area contributed by atoms with Crippen LogP contribution in [0.15, 0.2) is 10.2 Å². The molecule has 0 amide bonds. The molecule has 0 aromatic rings. The average molecular weight is 364 g/mol. The Bertz CT molecular complexity index is 529. The van der Waals surface area contributed by atoms with Crippen molar-refractivity contribution < 1.29 is 19.1 Å². The molecule has 0 spiro atoms. The van der Waals surface area contributed by atoms with E-state index in [1.165, 1.54) is 13.8 Å². The lowest BCUT2D eigenvalue weighted by molar-refractivity contribution is -0.144. The van der Waals surface area contributed by atoms with Crippen molar-refractivity contribution in [2.45, 2.75) is 77.3 Å². The van der Waals surface area contributed by atoms with E-state index in [1.807, 2.05) is 26.0 Å². The van der Waals surface area contributed by atoms with Gasteiger partial charge in [0, 0.05) is 12.8 Å². The van der Waals surface area contributed by atoms with Crippen molar-refractivity contribution in [3.8, 4) is 12.1 Å². The van der Waals surface area contributed by atoms with Crippen LogP contribution in [0.2, 0.25) is 0 Å². The van der Waals surface area contributed by atoms with E-state index in [2.05, 4.69) is 10.2 Å². The van der Waals surface area contributed by atoms with Crippen LogP contribution in [0, 0.1) is 22.7 Å². The normalized spacial score (nSPS) is 15.3. The van der Waals surface area contributed by atoms with E-state index >= 15 is 0 Å². The number of nitrogens with zero attached hydrogens (tertiary/aromatic N) is 4. The minimum Gasteiger partial charge on any atom is -0.466 e. The van der Waals surface area contributed by atoms with Gasteiger partial charge in [-0.1, -0.05) is 13.8 Å². The average Bonchev–Trinajstić information content (AvgIpc) is 2.65. The third-order valence-corrected chi connectivity index (χ3v) is 3.54. The number of ether oxygens (including phenoxy) is 2. The Morgan fingerprint density at radius 2 is 1.19 bits per heavy atom. The maximum Gasteiger partial charge on any atom is 0.305 e. The lowest BCUT2D eigenvalue weighted by Gasteiger charge is -2.19. The summed E-state index contributed by atoms with van der Waals surface area (Å²) in [5.41, 5.74) is -2.49. The minimum atomic E-state index is -1.24. The molecule has 144 valence electrons. The van der Waals surface area contributed by atoms with Crippen LogP contribution >= 0.6 is 0 Å². The number of azo groups is 1. The van der Waals surface area contributed by atoms with Crippen molar-refractivity contribution in [2.24, 2.45) is 10.2 Å². The van der Waals surface area contributed by atoms with Crippen LogP contribution in [-0.2, 0) is 19.1 Å². The number of esters is 2. The van der Waals surface area contributed by atoms with Crippen LogP contribution in [0.4, 0.5) is 0 Å². The fourth-order valence-corrected chi connectivity index (χ4v) is 1.74. The van der Waals surface area contributed by atoms with Crippen LogP contribution in [-0.4, -0.2) is 36.2 Å². The van der Waals surface area contributed by atoms with Gasteiger partial charge >= 0.3 is 11.9 Å². The summed E-state index contributed by atoms with van der Waals surface area (Å²) in [6.07, 6.45) is 1.79. The third kappa shape index (κ3) is 9.73. The molecule has 0 aliphatic heterocycles. The van der Waals surface area contributed by atoms with Gasteiger partial charge in [0.25, 0.3) is 0 Å². The Hall–Kier alpha value is -2.48. The van der Waals surface area contributed by atoms with Gasteiger partial charge < -0.3 is 9.47 Å². The van der Waals surface area contributed by atoms with Crippen molar-refractivity contribution in [3.63, 3.8) is 0 Å². The number of nitriles is 2. The molecule has 2 atom stereocenters. The fraction of sp³-hybridized carbons (Fsp3) is 0.778. The topological polar surface area (TPSA) is 125 Å². The van der Waals surface area contributed by atoms with Gasteiger partial charge in [-0.25, -0.2) is 0 Å². The molecule has 0 aliphatic carbocycles. The lowest BCUT2D eigenvalue weighted by atomic mass is 9.97. The predicted octanol–water partition coefficient (Wildman–Crippen LogP) is 3.47. The summed E-state index contributed by atoms with van der Waals surface area (Å²) < 4.78 is 9.94. The Morgan fingerprint density at radius 1 is 0.846 bits per heavy atom. The van der Waals surface area contributed by atoms with E-state index in [-0.39, 0.29) is 25.7 Å². The van der Waals surface area contributed by atoms with Gasteiger partial charge in [-0.15, -0.1) is 0 Å². The van der Waals surface area contributed by atoms with Crippen molar-refractivity contribution in [1.82, 2.24) is 0 Å². The fourth-order valence-electron chi connectivity index (χ4n) is 1.74. The molecule has 0 aromatic heterocycles. The quantitative estimate of drug-likeness (QED) is 0.385. The van der Waals surface area contributed by atoms with Crippen LogP contribution in [0.3, 0.4) is 0 Å². The molecule has 0 heterocycles. The van der Waals surface area contributed by atoms with Gasteiger partial charge in [0.2, 0.25) is 0 Å². The molecule has 0 saturated heterocycles. The van der Waals surface area contributed by atoms with Crippen LogP contribution in [0.5, 0.6) is 0 Å². The summed E-state index contributed by atoms with van der Waals surface area (Å²) in [6, 6.07) is 4.02. The number of carbonyl (C=O) groups is 2. The summed E-state index contributed by atoms with van der Waals surface area (Å²) in [7, 11) is 0. The third-order valence-electron chi connectivity index (χ3n) is 3.54. The first-order valence-electron chi connectivity index (χ1n) is 8.82. The van der Waals surface area contributed by atoms with Crippen LogP contribution < -0.4 is 0 Å². The zero-order chi connectivity index (χ0) is 20.1. The van der Waals surface area contributed by atoms with Crippen molar-refractivity contribution in [3.05, 3.63) is 0 Å². The second kappa shape index (κ2) is 12.0. The SMILES string of the molecule is CCCOC(=O)CCC(C)(C#N)N=NC(C)(C#N)CCC(=O)OCCC. The Morgan fingerprint density at radius 3 is 1.46 bits per heavy atom. The highest BCUT2D eigenvalue weighted by molar-refractivity contribution is 5.69. The molecular weight excluding hydrogens is 336 g/mol. The second-order valence-electron chi connectivity index (χ2n) is 6.41.